The lowest BCUT2D eigenvalue weighted by Crippen LogP contribution is -1.80. The van der Waals surface area contributed by atoms with E-state index in [2.05, 4.69) is 9.97 Å². The number of hydrogen-bond acceptors (Lipinski definition) is 3. The highest BCUT2D eigenvalue weighted by Gasteiger charge is 2.11. The van der Waals surface area contributed by atoms with E-state index in [4.69, 9.17) is 27.6 Å². The molecular formula is C10H4Cl2N2O. The predicted octanol–water partition coefficient (Wildman–Crippen LogP) is 3.68. The highest BCUT2D eigenvalue weighted by atomic mass is 35.5. The van der Waals surface area contributed by atoms with Crippen LogP contribution in [0.5, 0.6) is 0 Å². The first-order valence-corrected chi connectivity index (χ1v) is 5.00. The predicted molar refractivity (Wildman–Crippen MR) is 59.3 cm³/mol. The van der Waals surface area contributed by atoms with E-state index >= 15 is 0 Å². The summed E-state index contributed by atoms with van der Waals surface area (Å²) in [5.41, 5.74) is 1.92. The third-order valence-electron chi connectivity index (χ3n) is 2.16. The van der Waals surface area contributed by atoms with Crippen molar-refractivity contribution in [1.82, 2.24) is 9.97 Å². The Labute approximate surface area is 94.6 Å². The average molecular weight is 239 g/mol. The standard InChI is InChI=1S/C10H4Cl2N2O/c11-5-2-1-3-6-8(5)9-7(15-6)4-13-10(12)14-9/h1-4H. The van der Waals surface area contributed by atoms with E-state index in [1.807, 2.05) is 12.1 Å². The number of fused-ring (bicyclic) bond motifs is 3. The van der Waals surface area contributed by atoms with Gasteiger partial charge in [0.05, 0.1) is 16.6 Å². The van der Waals surface area contributed by atoms with E-state index in [1.54, 1.807) is 12.3 Å². The number of benzene rings is 1. The van der Waals surface area contributed by atoms with E-state index in [-0.39, 0.29) is 5.28 Å². The van der Waals surface area contributed by atoms with Crippen LogP contribution in [-0.4, -0.2) is 9.97 Å². The van der Waals surface area contributed by atoms with Crippen molar-refractivity contribution >= 4 is 45.3 Å². The van der Waals surface area contributed by atoms with Crippen molar-refractivity contribution in [2.45, 2.75) is 0 Å². The summed E-state index contributed by atoms with van der Waals surface area (Å²) in [4.78, 5) is 7.95. The van der Waals surface area contributed by atoms with Gasteiger partial charge in [-0.15, -0.1) is 0 Å². The molecule has 0 radical (unpaired) electrons. The van der Waals surface area contributed by atoms with Crippen LogP contribution in [-0.2, 0) is 0 Å². The van der Waals surface area contributed by atoms with Gasteiger partial charge in [0.15, 0.2) is 5.58 Å². The Morgan fingerprint density at radius 2 is 2.00 bits per heavy atom. The smallest absolute Gasteiger partial charge is 0.223 e. The van der Waals surface area contributed by atoms with Crippen LogP contribution in [0.15, 0.2) is 28.8 Å². The molecule has 0 aliphatic carbocycles. The van der Waals surface area contributed by atoms with Gasteiger partial charge in [-0.3, -0.25) is 0 Å². The zero-order chi connectivity index (χ0) is 10.4. The molecule has 3 nitrogen and oxygen atoms in total. The van der Waals surface area contributed by atoms with Gasteiger partial charge in [0, 0.05) is 0 Å². The molecule has 0 fully saturated rings. The van der Waals surface area contributed by atoms with Gasteiger partial charge in [0.2, 0.25) is 5.28 Å². The molecule has 15 heavy (non-hydrogen) atoms. The summed E-state index contributed by atoms with van der Waals surface area (Å²) in [6, 6.07) is 5.44. The quantitative estimate of drug-likeness (QED) is 0.561. The maximum absolute atomic E-state index is 6.07. The summed E-state index contributed by atoms with van der Waals surface area (Å²) < 4.78 is 5.52. The molecule has 2 heterocycles. The molecule has 74 valence electrons. The van der Waals surface area contributed by atoms with E-state index in [1.165, 1.54) is 0 Å². The van der Waals surface area contributed by atoms with Crippen molar-refractivity contribution in [3.8, 4) is 0 Å². The average Bonchev–Trinajstić information content (AvgIpc) is 2.57. The van der Waals surface area contributed by atoms with Gasteiger partial charge >= 0.3 is 0 Å². The second-order valence-electron chi connectivity index (χ2n) is 3.07. The molecule has 3 aromatic rings. The van der Waals surface area contributed by atoms with Crippen LogP contribution < -0.4 is 0 Å². The van der Waals surface area contributed by atoms with Crippen LogP contribution in [0.1, 0.15) is 0 Å². The molecule has 0 atom stereocenters. The number of aromatic nitrogens is 2. The normalized spacial score (nSPS) is 11.3. The van der Waals surface area contributed by atoms with Crippen LogP contribution in [0.4, 0.5) is 0 Å². The number of hydrogen-bond donors (Lipinski definition) is 0. The van der Waals surface area contributed by atoms with E-state index in [0.29, 0.717) is 21.7 Å². The first-order chi connectivity index (χ1) is 7.25. The molecule has 3 rings (SSSR count). The number of rotatable bonds is 0. The molecule has 0 saturated heterocycles. The zero-order valence-electron chi connectivity index (χ0n) is 7.37. The van der Waals surface area contributed by atoms with Gasteiger partial charge < -0.3 is 4.42 Å². The molecule has 2 aromatic heterocycles. The zero-order valence-corrected chi connectivity index (χ0v) is 8.88. The first kappa shape index (κ1) is 8.95. The van der Waals surface area contributed by atoms with Crippen LogP contribution in [0.3, 0.4) is 0 Å². The Morgan fingerprint density at radius 3 is 2.87 bits per heavy atom. The minimum Gasteiger partial charge on any atom is -0.453 e. The van der Waals surface area contributed by atoms with Crippen molar-refractivity contribution in [3.05, 3.63) is 34.7 Å². The van der Waals surface area contributed by atoms with Crippen molar-refractivity contribution in [1.29, 1.82) is 0 Å². The van der Waals surface area contributed by atoms with E-state index < -0.39 is 0 Å². The maximum Gasteiger partial charge on any atom is 0.223 e. The Bertz CT molecular complexity index is 663. The molecule has 0 unspecified atom stereocenters. The SMILES string of the molecule is Clc1ncc2oc3cccc(Cl)c3c2n1. The summed E-state index contributed by atoms with van der Waals surface area (Å²) in [6.45, 7) is 0. The van der Waals surface area contributed by atoms with Gasteiger partial charge in [0.1, 0.15) is 11.1 Å². The van der Waals surface area contributed by atoms with Gasteiger partial charge in [-0.05, 0) is 23.7 Å². The number of halogens is 2. The van der Waals surface area contributed by atoms with Crippen LogP contribution in [0.25, 0.3) is 22.1 Å². The monoisotopic (exact) mass is 238 g/mol. The fourth-order valence-electron chi connectivity index (χ4n) is 1.54. The van der Waals surface area contributed by atoms with Crippen LogP contribution >= 0.6 is 23.2 Å². The fraction of sp³-hybridized carbons (Fsp3) is 0. The molecule has 0 amide bonds. The molecule has 0 aliphatic rings. The largest absolute Gasteiger partial charge is 0.453 e. The Kier molecular flexibility index (Phi) is 1.84. The minimum absolute atomic E-state index is 0.185. The van der Waals surface area contributed by atoms with Gasteiger partial charge in [-0.2, -0.15) is 0 Å². The molecule has 0 spiro atoms. The highest BCUT2D eigenvalue weighted by molar-refractivity contribution is 6.37. The third-order valence-corrected chi connectivity index (χ3v) is 2.65. The lowest BCUT2D eigenvalue weighted by molar-refractivity contribution is 0.665. The first-order valence-electron chi connectivity index (χ1n) is 4.25. The summed E-state index contributed by atoms with van der Waals surface area (Å²) >= 11 is 11.8. The topological polar surface area (TPSA) is 38.9 Å². The van der Waals surface area contributed by atoms with Gasteiger partial charge in [0.25, 0.3) is 0 Å². The van der Waals surface area contributed by atoms with Crippen molar-refractivity contribution in [3.63, 3.8) is 0 Å². The summed E-state index contributed by atoms with van der Waals surface area (Å²) in [6.07, 6.45) is 1.54. The molecule has 0 saturated carbocycles. The Balaban J connectivity index is 2.61. The summed E-state index contributed by atoms with van der Waals surface area (Å²) in [7, 11) is 0. The summed E-state index contributed by atoms with van der Waals surface area (Å²) in [5.74, 6) is 0. The van der Waals surface area contributed by atoms with Crippen molar-refractivity contribution in [2.24, 2.45) is 0 Å². The molecule has 0 N–H and O–H groups in total. The van der Waals surface area contributed by atoms with Gasteiger partial charge in [-0.25, -0.2) is 9.97 Å². The lowest BCUT2D eigenvalue weighted by Gasteiger charge is -1.91. The van der Waals surface area contributed by atoms with Crippen molar-refractivity contribution in [2.75, 3.05) is 0 Å². The van der Waals surface area contributed by atoms with E-state index in [9.17, 15) is 0 Å². The highest BCUT2D eigenvalue weighted by Crippen LogP contribution is 2.32. The second-order valence-corrected chi connectivity index (χ2v) is 3.81. The molecular weight excluding hydrogens is 235 g/mol. The molecule has 0 aliphatic heterocycles. The van der Waals surface area contributed by atoms with Crippen LogP contribution in [0, 0.1) is 0 Å². The van der Waals surface area contributed by atoms with E-state index in [0.717, 1.165) is 5.39 Å². The molecule has 1 aromatic carbocycles. The minimum atomic E-state index is 0.185. The Hall–Kier alpha value is -1.32. The number of furan rings is 1. The maximum atomic E-state index is 6.07. The number of nitrogens with zero attached hydrogens (tertiary/aromatic N) is 2. The Morgan fingerprint density at radius 1 is 1.13 bits per heavy atom. The third kappa shape index (κ3) is 1.28. The lowest BCUT2D eigenvalue weighted by atomic mass is 10.2. The second kappa shape index (κ2) is 3.08. The fourth-order valence-corrected chi connectivity index (χ4v) is 1.93. The molecule has 5 heteroatoms. The van der Waals surface area contributed by atoms with Crippen LogP contribution in [0.2, 0.25) is 10.3 Å². The molecule has 0 bridgehead atoms. The van der Waals surface area contributed by atoms with Crippen molar-refractivity contribution < 1.29 is 4.42 Å². The van der Waals surface area contributed by atoms with Gasteiger partial charge in [-0.1, -0.05) is 17.7 Å². The summed E-state index contributed by atoms with van der Waals surface area (Å²) in [5, 5.41) is 1.56.